The maximum atomic E-state index is 12.3. The van der Waals surface area contributed by atoms with E-state index in [9.17, 15) is 24.8 Å². The average molecular weight is 334 g/mol. The van der Waals surface area contributed by atoms with Gasteiger partial charge in [0.2, 0.25) is 0 Å². The number of nitro groups is 1. The monoisotopic (exact) mass is 334 g/mol. The minimum atomic E-state index is -0.978. The van der Waals surface area contributed by atoms with E-state index in [-0.39, 0.29) is 23.4 Å². The Kier molecular flexibility index (Phi) is 5.30. The Hall–Kier alpha value is -2.74. The van der Waals surface area contributed by atoms with Gasteiger partial charge in [0.1, 0.15) is 0 Å². The smallest absolute Gasteiger partial charge is 0.290 e. The van der Waals surface area contributed by atoms with Gasteiger partial charge in [-0.2, -0.15) is 0 Å². The van der Waals surface area contributed by atoms with Crippen LogP contribution in [0.15, 0.2) is 35.6 Å². The van der Waals surface area contributed by atoms with E-state index in [0.717, 1.165) is 0 Å². The van der Waals surface area contributed by atoms with Crippen LogP contribution in [0.5, 0.6) is 0 Å². The summed E-state index contributed by atoms with van der Waals surface area (Å²) in [5.41, 5.74) is -0.130. The number of nitrogens with zero attached hydrogens (tertiary/aromatic N) is 2. The van der Waals surface area contributed by atoms with Crippen molar-refractivity contribution >= 4 is 17.4 Å². The highest BCUT2D eigenvalue weighted by Gasteiger charge is 2.44. The highest BCUT2D eigenvalue weighted by atomic mass is 16.6. The Bertz CT molecular complexity index is 712. The lowest BCUT2D eigenvalue weighted by Gasteiger charge is -2.26. The number of hydrogen-bond acceptors (Lipinski definition) is 6. The molecule has 2 rings (SSSR count). The van der Waals surface area contributed by atoms with Gasteiger partial charge in [-0.05, 0) is 19.4 Å². The molecular formula is C16H18N2O6. The standard InChI is InChI=1S/C16H18N2O6/c1-10(19)13-14(11-6-3-4-7-12(11)18(22)23)17(8-5-9-24-2)16(21)15(13)20/h3-4,6-7,14,20H,5,8-9H2,1-2H3/t14-/m1/s1. The fourth-order valence-electron chi connectivity index (χ4n) is 2.83. The molecule has 24 heavy (non-hydrogen) atoms. The average Bonchev–Trinajstić information content (AvgIpc) is 2.80. The first-order valence-electron chi connectivity index (χ1n) is 7.37. The summed E-state index contributed by atoms with van der Waals surface area (Å²) in [6, 6.07) is 4.91. The first kappa shape index (κ1) is 17.6. The fourth-order valence-corrected chi connectivity index (χ4v) is 2.83. The number of carbonyl (C=O) groups excluding carboxylic acids is 2. The second-order valence-electron chi connectivity index (χ2n) is 5.38. The van der Waals surface area contributed by atoms with Gasteiger partial charge in [0.05, 0.1) is 22.1 Å². The summed E-state index contributed by atoms with van der Waals surface area (Å²) in [7, 11) is 1.52. The molecule has 0 radical (unpaired) electrons. The van der Waals surface area contributed by atoms with Crippen LogP contribution < -0.4 is 0 Å². The molecule has 1 aliphatic heterocycles. The van der Waals surface area contributed by atoms with E-state index in [4.69, 9.17) is 4.74 Å². The van der Waals surface area contributed by atoms with Crippen LogP contribution in [0, 0.1) is 10.1 Å². The van der Waals surface area contributed by atoms with Crippen molar-refractivity contribution in [2.45, 2.75) is 19.4 Å². The number of carbonyl (C=O) groups is 2. The Morgan fingerprint density at radius 3 is 2.67 bits per heavy atom. The van der Waals surface area contributed by atoms with Gasteiger partial charge < -0.3 is 14.7 Å². The SMILES string of the molecule is COCCCN1C(=O)C(O)=C(C(C)=O)[C@H]1c1ccccc1[N+](=O)[O-]. The van der Waals surface area contributed by atoms with E-state index in [1.807, 2.05) is 0 Å². The van der Waals surface area contributed by atoms with Crippen molar-refractivity contribution < 1.29 is 24.4 Å². The number of rotatable bonds is 7. The predicted octanol–water partition coefficient (Wildman–Crippen LogP) is 1.92. The van der Waals surface area contributed by atoms with Crippen molar-refractivity contribution in [1.82, 2.24) is 4.90 Å². The normalized spacial score (nSPS) is 17.5. The van der Waals surface area contributed by atoms with Gasteiger partial charge in [0, 0.05) is 26.3 Å². The fraction of sp³-hybridized carbons (Fsp3) is 0.375. The number of Topliss-reactive ketones (excluding diaryl/α,β-unsaturated/α-hetero) is 1. The third kappa shape index (κ3) is 3.13. The van der Waals surface area contributed by atoms with Crippen LogP contribution in [0.25, 0.3) is 0 Å². The van der Waals surface area contributed by atoms with Crippen LogP contribution in [-0.4, -0.2) is 46.9 Å². The number of ether oxygens (including phenoxy) is 1. The summed E-state index contributed by atoms with van der Waals surface area (Å²) in [5, 5.41) is 21.4. The molecule has 0 aromatic heterocycles. The molecule has 8 heteroatoms. The largest absolute Gasteiger partial charge is 0.503 e. The first-order chi connectivity index (χ1) is 11.4. The van der Waals surface area contributed by atoms with E-state index < -0.39 is 28.4 Å². The molecule has 8 nitrogen and oxygen atoms in total. The van der Waals surface area contributed by atoms with Crippen molar-refractivity contribution in [3.8, 4) is 0 Å². The molecular weight excluding hydrogens is 316 g/mol. The molecule has 1 aliphatic rings. The van der Waals surface area contributed by atoms with Gasteiger partial charge in [-0.3, -0.25) is 19.7 Å². The number of hydrogen-bond donors (Lipinski definition) is 1. The lowest BCUT2D eigenvalue weighted by Crippen LogP contribution is -2.32. The Labute approximate surface area is 138 Å². The zero-order valence-corrected chi connectivity index (χ0v) is 13.4. The molecule has 1 heterocycles. The summed E-state index contributed by atoms with van der Waals surface area (Å²) in [4.78, 5) is 36.3. The molecule has 1 N–H and O–H groups in total. The molecule has 0 fully saturated rings. The van der Waals surface area contributed by atoms with Crippen molar-refractivity contribution in [2.24, 2.45) is 0 Å². The topological polar surface area (TPSA) is 110 Å². The molecule has 128 valence electrons. The summed E-state index contributed by atoms with van der Waals surface area (Å²) < 4.78 is 4.95. The number of para-hydroxylation sites is 1. The number of aliphatic hydroxyl groups is 1. The molecule has 1 aromatic rings. The first-order valence-corrected chi connectivity index (χ1v) is 7.37. The molecule has 1 atom stereocenters. The minimum Gasteiger partial charge on any atom is -0.503 e. The van der Waals surface area contributed by atoms with Crippen LogP contribution in [0.2, 0.25) is 0 Å². The Balaban J connectivity index is 2.53. The quantitative estimate of drug-likeness (QED) is 0.463. The van der Waals surface area contributed by atoms with Crippen LogP contribution in [0.4, 0.5) is 5.69 Å². The van der Waals surface area contributed by atoms with E-state index >= 15 is 0 Å². The maximum Gasteiger partial charge on any atom is 0.290 e. The van der Waals surface area contributed by atoms with Gasteiger partial charge in [0.15, 0.2) is 11.5 Å². The van der Waals surface area contributed by atoms with Crippen molar-refractivity contribution in [1.29, 1.82) is 0 Å². The van der Waals surface area contributed by atoms with Gasteiger partial charge >= 0.3 is 0 Å². The van der Waals surface area contributed by atoms with E-state index in [0.29, 0.717) is 13.0 Å². The number of aliphatic hydroxyl groups excluding tert-OH is 1. The van der Waals surface area contributed by atoms with Crippen molar-refractivity contribution in [3.05, 3.63) is 51.3 Å². The molecule has 0 aliphatic carbocycles. The molecule has 0 bridgehead atoms. The van der Waals surface area contributed by atoms with Gasteiger partial charge in [-0.1, -0.05) is 12.1 Å². The predicted molar refractivity (Wildman–Crippen MR) is 84.4 cm³/mol. The van der Waals surface area contributed by atoms with E-state index in [1.165, 1.54) is 37.1 Å². The van der Waals surface area contributed by atoms with Crippen molar-refractivity contribution in [2.75, 3.05) is 20.3 Å². The van der Waals surface area contributed by atoms with Crippen LogP contribution in [-0.2, 0) is 14.3 Å². The minimum absolute atomic E-state index is 0.119. The lowest BCUT2D eigenvalue weighted by molar-refractivity contribution is -0.385. The summed E-state index contributed by atoms with van der Waals surface area (Å²) >= 11 is 0. The molecule has 1 amide bonds. The maximum absolute atomic E-state index is 12.3. The van der Waals surface area contributed by atoms with Crippen molar-refractivity contribution in [3.63, 3.8) is 0 Å². The third-order valence-corrected chi connectivity index (χ3v) is 3.86. The van der Waals surface area contributed by atoms with E-state index in [2.05, 4.69) is 0 Å². The van der Waals surface area contributed by atoms with Crippen LogP contribution in [0.1, 0.15) is 24.9 Å². The Morgan fingerprint density at radius 1 is 1.42 bits per heavy atom. The van der Waals surface area contributed by atoms with Crippen LogP contribution in [0.3, 0.4) is 0 Å². The number of benzene rings is 1. The third-order valence-electron chi connectivity index (χ3n) is 3.86. The molecule has 0 saturated heterocycles. The highest BCUT2D eigenvalue weighted by molar-refractivity contribution is 6.08. The van der Waals surface area contributed by atoms with Gasteiger partial charge in [0.25, 0.3) is 11.6 Å². The zero-order chi connectivity index (χ0) is 17.9. The zero-order valence-electron chi connectivity index (χ0n) is 13.4. The molecule has 1 aromatic carbocycles. The second-order valence-corrected chi connectivity index (χ2v) is 5.38. The molecule has 0 spiro atoms. The Morgan fingerprint density at radius 2 is 2.08 bits per heavy atom. The summed E-state index contributed by atoms with van der Waals surface area (Å²) in [6.07, 6.45) is 0.470. The second kappa shape index (κ2) is 7.22. The van der Waals surface area contributed by atoms with E-state index in [1.54, 1.807) is 6.07 Å². The number of amides is 1. The number of methoxy groups -OCH3 is 1. The molecule has 0 saturated carbocycles. The lowest BCUT2D eigenvalue weighted by atomic mass is 9.95. The molecule has 0 unspecified atom stereocenters. The summed E-state index contributed by atoms with van der Waals surface area (Å²) in [5.74, 6) is -1.86. The summed E-state index contributed by atoms with van der Waals surface area (Å²) in [6.45, 7) is 1.80. The highest BCUT2D eigenvalue weighted by Crippen LogP contribution is 2.41. The number of nitro benzene ring substituents is 1. The number of ketones is 1. The van der Waals surface area contributed by atoms with Crippen LogP contribution >= 0.6 is 0 Å². The van der Waals surface area contributed by atoms with Gasteiger partial charge in [-0.25, -0.2) is 0 Å². The van der Waals surface area contributed by atoms with Gasteiger partial charge in [-0.15, -0.1) is 0 Å².